The summed E-state index contributed by atoms with van der Waals surface area (Å²) < 4.78 is 5.46. The highest BCUT2D eigenvalue weighted by molar-refractivity contribution is 5.99. The molecule has 134 valence electrons. The van der Waals surface area contributed by atoms with Gasteiger partial charge in [0.25, 0.3) is 5.91 Å². The van der Waals surface area contributed by atoms with Gasteiger partial charge in [0.15, 0.2) is 6.61 Å². The molecule has 6 heteroatoms. The maximum absolute atomic E-state index is 12.6. The van der Waals surface area contributed by atoms with Crippen LogP contribution >= 0.6 is 0 Å². The topological polar surface area (TPSA) is 61.9 Å². The van der Waals surface area contributed by atoms with Gasteiger partial charge in [-0.2, -0.15) is 0 Å². The van der Waals surface area contributed by atoms with Gasteiger partial charge < -0.3 is 19.9 Å². The van der Waals surface area contributed by atoms with Crippen molar-refractivity contribution < 1.29 is 14.3 Å². The molecule has 1 unspecified atom stereocenters. The van der Waals surface area contributed by atoms with E-state index in [-0.39, 0.29) is 24.6 Å². The van der Waals surface area contributed by atoms with E-state index in [1.807, 2.05) is 24.0 Å². The van der Waals surface area contributed by atoms with Gasteiger partial charge in [-0.15, -0.1) is 0 Å². The van der Waals surface area contributed by atoms with Crippen LogP contribution in [0.4, 0.5) is 16.2 Å². The van der Waals surface area contributed by atoms with Crippen LogP contribution in [0.2, 0.25) is 0 Å². The van der Waals surface area contributed by atoms with Gasteiger partial charge in [0.2, 0.25) is 0 Å². The molecule has 3 rings (SSSR count). The zero-order valence-corrected chi connectivity index (χ0v) is 14.8. The van der Waals surface area contributed by atoms with Gasteiger partial charge in [-0.25, -0.2) is 4.79 Å². The quantitative estimate of drug-likeness (QED) is 0.834. The van der Waals surface area contributed by atoms with Crippen molar-refractivity contribution in [1.82, 2.24) is 4.90 Å². The molecule has 25 heavy (non-hydrogen) atoms. The Balaban J connectivity index is 1.72. The Bertz CT molecular complexity index is 686. The first kappa shape index (κ1) is 17.3. The number of ether oxygens (including phenoxy) is 1. The van der Waals surface area contributed by atoms with Gasteiger partial charge >= 0.3 is 6.03 Å². The van der Waals surface area contributed by atoms with Gasteiger partial charge in [0.05, 0.1) is 11.7 Å². The molecule has 0 saturated carbocycles. The number of likely N-dealkylation sites (N-methyl/N-ethyl adjacent to an activating group) is 1. The highest BCUT2D eigenvalue weighted by Gasteiger charge is 2.26. The number of fused-ring (bicyclic) bond motifs is 1. The van der Waals surface area contributed by atoms with Crippen molar-refractivity contribution in [3.63, 3.8) is 0 Å². The molecule has 2 aliphatic rings. The molecule has 0 aromatic heterocycles. The fourth-order valence-electron chi connectivity index (χ4n) is 3.29. The lowest BCUT2D eigenvalue weighted by Crippen LogP contribution is -2.40. The van der Waals surface area contributed by atoms with Gasteiger partial charge in [-0.3, -0.25) is 4.79 Å². The highest BCUT2D eigenvalue weighted by Crippen LogP contribution is 2.34. The van der Waals surface area contributed by atoms with Crippen molar-refractivity contribution in [1.29, 1.82) is 0 Å². The molecule has 3 amide bonds. The van der Waals surface area contributed by atoms with E-state index in [2.05, 4.69) is 18.3 Å². The van der Waals surface area contributed by atoms with Crippen LogP contribution in [-0.4, -0.2) is 42.6 Å². The number of carbonyl (C=O) groups is 2. The highest BCUT2D eigenvalue weighted by atomic mass is 16.5. The minimum atomic E-state index is -0.114. The Morgan fingerprint density at radius 2 is 2.20 bits per heavy atom. The van der Waals surface area contributed by atoms with Crippen LogP contribution in [0.3, 0.4) is 0 Å². The van der Waals surface area contributed by atoms with E-state index in [9.17, 15) is 9.59 Å². The fourth-order valence-corrected chi connectivity index (χ4v) is 3.29. The monoisotopic (exact) mass is 343 g/mol. The molecule has 6 nitrogen and oxygen atoms in total. The lowest BCUT2D eigenvalue weighted by molar-refractivity contribution is -0.121. The first-order valence-corrected chi connectivity index (χ1v) is 8.95. The third-order valence-electron chi connectivity index (χ3n) is 4.64. The molecule has 2 aliphatic heterocycles. The number of nitrogens with one attached hydrogen (secondary N) is 1. The predicted octanol–water partition coefficient (Wildman–Crippen LogP) is 3.39. The Labute approximate surface area is 148 Å². The number of rotatable bonds is 5. The second-order valence-electron chi connectivity index (χ2n) is 6.33. The zero-order chi connectivity index (χ0) is 17.8. The maximum atomic E-state index is 12.6. The molecule has 0 saturated heterocycles. The summed E-state index contributed by atoms with van der Waals surface area (Å²) in [5, 5.41) is 2.95. The van der Waals surface area contributed by atoms with Crippen LogP contribution in [0.25, 0.3) is 0 Å². The van der Waals surface area contributed by atoms with E-state index < -0.39 is 0 Å². The Hall–Kier alpha value is -2.50. The molecule has 0 aliphatic carbocycles. The lowest BCUT2D eigenvalue weighted by Gasteiger charge is -2.29. The molecule has 0 spiro atoms. The summed E-state index contributed by atoms with van der Waals surface area (Å²) in [6.45, 7) is 5.34. The van der Waals surface area contributed by atoms with E-state index in [1.54, 1.807) is 17.0 Å². The normalized spacial score (nSPS) is 19.0. The third-order valence-corrected chi connectivity index (χ3v) is 4.64. The summed E-state index contributed by atoms with van der Waals surface area (Å²) in [6, 6.07) is 5.46. The minimum Gasteiger partial charge on any atom is -0.482 e. The van der Waals surface area contributed by atoms with Crippen molar-refractivity contribution in [3.05, 3.63) is 30.4 Å². The second-order valence-corrected chi connectivity index (χ2v) is 6.33. The van der Waals surface area contributed by atoms with Crippen molar-refractivity contribution in [2.45, 2.75) is 39.2 Å². The number of benzene rings is 1. The predicted molar refractivity (Wildman–Crippen MR) is 98.1 cm³/mol. The van der Waals surface area contributed by atoms with E-state index in [1.165, 1.54) is 0 Å². The standard InChI is InChI=1S/C19H25N3O3/c1-3-5-7-15-8-6-11-22(15)19(24)20-14-9-10-17-16(12-14)21(4-2)18(23)13-25-17/h6,8-10,12,15H,3-5,7,11,13H2,1-2H3,(H,20,24). The number of hydrogen-bond acceptors (Lipinski definition) is 3. The van der Waals surface area contributed by atoms with Crippen molar-refractivity contribution in [2.24, 2.45) is 0 Å². The van der Waals surface area contributed by atoms with E-state index in [4.69, 9.17) is 4.74 Å². The molecular formula is C19H25N3O3. The molecule has 0 fully saturated rings. The van der Waals surface area contributed by atoms with E-state index in [0.717, 1.165) is 19.3 Å². The Morgan fingerprint density at radius 3 is 2.96 bits per heavy atom. The summed E-state index contributed by atoms with van der Waals surface area (Å²) in [4.78, 5) is 28.1. The second kappa shape index (κ2) is 7.59. The van der Waals surface area contributed by atoms with Crippen LogP contribution in [0.15, 0.2) is 30.4 Å². The molecule has 2 heterocycles. The van der Waals surface area contributed by atoms with Gasteiger partial charge in [0.1, 0.15) is 5.75 Å². The third kappa shape index (κ3) is 3.62. The summed E-state index contributed by atoms with van der Waals surface area (Å²) in [7, 11) is 0. The maximum Gasteiger partial charge on any atom is 0.322 e. The number of hydrogen-bond donors (Lipinski definition) is 1. The Morgan fingerprint density at radius 1 is 1.36 bits per heavy atom. The van der Waals surface area contributed by atoms with Gasteiger partial charge in [-0.1, -0.05) is 31.9 Å². The molecule has 1 atom stereocenters. The number of anilines is 2. The zero-order valence-electron chi connectivity index (χ0n) is 14.8. The first-order valence-electron chi connectivity index (χ1n) is 8.95. The number of unbranched alkanes of at least 4 members (excludes halogenated alkanes) is 1. The van der Waals surface area contributed by atoms with Crippen LogP contribution in [0, 0.1) is 0 Å². The molecule has 0 bridgehead atoms. The number of urea groups is 1. The largest absolute Gasteiger partial charge is 0.482 e. The van der Waals surface area contributed by atoms with Crippen LogP contribution in [-0.2, 0) is 4.79 Å². The average Bonchev–Trinajstić information content (AvgIpc) is 3.08. The smallest absolute Gasteiger partial charge is 0.322 e. The van der Waals surface area contributed by atoms with Crippen LogP contribution in [0.5, 0.6) is 5.75 Å². The van der Waals surface area contributed by atoms with Gasteiger partial charge in [-0.05, 0) is 31.5 Å². The van der Waals surface area contributed by atoms with Gasteiger partial charge in [0, 0.05) is 18.8 Å². The van der Waals surface area contributed by atoms with Crippen molar-refractivity contribution >= 4 is 23.3 Å². The summed E-state index contributed by atoms with van der Waals surface area (Å²) in [5.41, 5.74) is 1.38. The van der Waals surface area contributed by atoms with Crippen molar-refractivity contribution in [2.75, 3.05) is 29.9 Å². The Kier molecular flexibility index (Phi) is 5.26. The molecule has 1 aromatic carbocycles. The van der Waals surface area contributed by atoms with Crippen LogP contribution in [0.1, 0.15) is 33.1 Å². The molecular weight excluding hydrogens is 318 g/mol. The van der Waals surface area contributed by atoms with E-state index >= 15 is 0 Å². The van der Waals surface area contributed by atoms with Crippen LogP contribution < -0.4 is 15.0 Å². The van der Waals surface area contributed by atoms with Crippen molar-refractivity contribution in [3.8, 4) is 5.75 Å². The lowest BCUT2D eigenvalue weighted by atomic mass is 10.1. The molecule has 1 aromatic rings. The number of amides is 3. The first-order chi connectivity index (χ1) is 12.1. The minimum absolute atomic E-state index is 0.0606. The average molecular weight is 343 g/mol. The fraction of sp³-hybridized carbons (Fsp3) is 0.474. The SMILES string of the molecule is CCCCC1C=CCN1C(=O)Nc1ccc2c(c1)N(CC)C(=O)CO2. The summed E-state index contributed by atoms with van der Waals surface area (Å²) >= 11 is 0. The number of carbonyl (C=O) groups excluding carboxylic acids is 2. The summed E-state index contributed by atoms with van der Waals surface area (Å²) in [6.07, 6.45) is 7.34. The van der Waals surface area contributed by atoms with E-state index in [0.29, 0.717) is 30.2 Å². The molecule has 0 radical (unpaired) electrons. The molecule has 1 N–H and O–H groups in total. The summed E-state index contributed by atoms with van der Waals surface area (Å²) in [5.74, 6) is 0.602. The number of nitrogens with zero attached hydrogens (tertiary/aromatic N) is 2.